The van der Waals surface area contributed by atoms with Crippen molar-refractivity contribution in [3.8, 4) is 0 Å². The molecule has 1 saturated heterocycles. The molecule has 2 atom stereocenters. The number of hydrogen-bond donors (Lipinski definition) is 3. The molecule has 0 aliphatic carbocycles. The Kier molecular flexibility index (Phi) is 4.38. The predicted octanol–water partition coefficient (Wildman–Crippen LogP) is 0.692. The Morgan fingerprint density at radius 2 is 2.14 bits per heavy atom. The van der Waals surface area contributed by atoms with Gasteiger partial charge in [-0.3, -0.25) is 9.59 Å². The van der Waals surface area contributed by atoms with Gasteiger partial charge in [0.15, 0.2) is 5.82 Å². The number of amides is 2. The van der Waals surface area contributed by atoms with E-state index in [2.05, 4.69) is 20.3 Å². The molecule has 3 aromatic heterocycles. The van der Waals surface area contributed by atoms with E-state index in [0.29, 0.717) is 30.0 Å². The average Bonchev–Trinajstić information content (AvgIpc) is 3.40. The predicted molar refractivity (Wildman–Crippen MR) is 102 cm³/mol. The fourth-order valence-corrected chi connectivity index (χ4v) is 3.62. The number of likely N-dealkylation sites (tertiary alicyclic amines) is 1. The monoisotopic (exact) mass is 382 g/mol. The van der Waals surface area contributed by atoms with Gasteiger partial charge in [0.2, 0.25) is 0 Å². The van der Waals surface area contributed by atoms with Crippen LogP contribution in [0.4, 0.5) is 0 Å². The lowest BCUT2D eigenvalue weighted by Gasteiger charge is -2.30. The highest BCUT2D eigenvalue weighted by Crippen LogP contribution is 2.26. The number of rotatable bonds is 4. The molecule has 4 heterocycles. The van der Waals surface area contributed by atoms with Crippen LogP contribution in [0.15, 0.2) is 36.9 Å². The molecule has 2 amide bonds. The number of aryl methyl sites for hydroxylation is 1. The minimum absolute atomic E-state index is 0.135. The van der Waals surface area contributed by atoms with Gasteiger partial charge in [-0.2, -0.15) is 0 Å². The molecule has 0 bridgehead atoms. The van der Waals surface area contributed by atoms with E-state index in [0.717, 1.165) is 5.39 Å². The SMILES string of the molecule is CC(NC(=O)c1ccnc2[nH]ccc12)C1(O)CCN(C(=O)c2nccn2C)C1. The van der Waals surface area contributed by atoms with Gasteiger partial charge < -0.3 is 24.9 Å². The number of nitrogens with one attached hydrogen (secondary N) is 2. The zero-order valence-corrected chi connectivity index (χ0v) is 15.7. The molecule has 0 aromatic carbocycles. The Bertz CT molecular complexity index is 1040. The highest BCUT2D eigenvalue weighted by atomic mass is 16.3. The van der Waals surface area contributed by atoms with Gasteiger partial charge in [0.1, 0.15) is 11.2 Å². The van der Waals surface area contributed by atoms with Gasteiger partial charge in [-0.05, 0) is 25.5 Å². The first-order chi connectivity index (χ1) is 13.4. The number of aromatic nitrogens is 4. The number of hydrogen-bond acceptors (Lipinski definition) is 5. The summed E-state index contributed by atoms with van der Waals surface area (Å²) < 4.78 is 1.65. The van der Waals surface area contributed by atoms with E-state index in [-0.39, 0.29) is 18.4 Å². The molecule has 1 aliphatic rings. The summed E-state index contributed by atoms with van der Waals surface area (Å²) in [5.41, 5.74) is -0.0896. The van der Waals surface area contributed by atoms with Crippen LogP contribution in [-0.2, 0) is 7.05 Å². The lowest BCUT2D eigenvalue weighted by molar-refractivity contribution is 0.0159. The first-order valence-corrected chi connectivity index (χ1v) is 9.11. The van der Waals surface area contributed by atoms with E-state index in [1.165, 1.54) is 0 Å². The van der Waals surface area contributed by atoms with Crippen LogP contribution in [0.1, 0.15) is 34.3 Å². The molecule has 146 valence electrons. The minimum atomic E-state index is -1.21. The molecule has 0 spiro atoms. The molecular formula is C19H22N6O3. The minimum Gasteiger partial charge on any atom is -0.386 e. The van der Waals surface area contributed by atoms with Crippen molar-refractivity contribution in [2.45, 2.75) is 25.0 Å². The van der Waals surface area contributed by atoms with Gasteiger partial charge in [0, 0.05) is 43.8 Å². The van der Waals surface area contributed by atoms with Crippen LogP contribution in [0.25, 0.3) is 11.0 Å². The Labute approximate surface area is 161 Å². The fraction of sp³-hybridized carbons (Fsp3) is 0.368. The van der Waals surface area contributed by atoms with Crippen LogP contribution in [0.2, 0.25) is 0 Å². The van der Waals surface area contributed by atoms with Gasteiger partial charge in [-0.25, -0.2) is 9.97 Å². The number of imidazole rings is 1. The summed E-state index contributed by atoms with van der Waals surface area (Å²) in [5.74, 6) is -0.195. The van der Waals surface area contributed by atoms with Crippen molar-refractivity contribution in [2.24, 2.45) is 7.05 Å². The first kappa shape index (κ1) is 18.2. The standard InChI is InChI=1S/C19H22N6O3/c1-12(23-17(26)14-4-7-21-15-13(14)3-6-20-15)19(28)5-9-25(11-19)18(27)16-22-8-10-24(16)2/h3-4,6-8,10,12,28H,5,9,11H2,1-2H3,(H,20,21)(H,23,26). The van der Waals surface area contributed by atoms with Crippen molar-refractivity contribution in [2.75, 3.05) is 13.1 Å². The van der Waals surface area contributed by atoms with E-state index >= 15 is 0 Å². The van der Waals surface area contributed by atoms with E-state index in [1.54, 1.807) is 60.4 Å². The van der Waals surface area contributed by atoms with E-state index in [9.17, 15) is 14.7 Å². The number of fused-ring (bicyclic) bond motifs is 1. The summed E-state index contributed by atoms with van der Waals surface area (Å²) in [6.45, 7) is 2.29. The largest absolute Gasteiger partial charge is 0.386 e. The number of aromatic amines is 1. The fourth-order valence-electron chi connectivity index (χ4n) is 3.62. The van der Waals surface area contributed by atoms with Crippen LogP contribution in [0.5, 0.6) is 0 Å². The van der Waals surface area contributed by atoms with Crippen LogP contribution >= 0.6 is 0 Å². The maximum Gasteiger partial charge on any atom is 0.289 e. The van der Waals surface area contributed by atoms with Crippen LogP contribution < -0.4 is 5.32 Å². The Morgan fingerprint density at radius 3 is 2.89 bits per heavy atom. The molecule has 0 radical (unpaired) electrons. The van der Waals surface area contributed by atoms with Gasteiger partial charge in [0.25, 0.3) is 11.8 Å². The maximum atomic E-state index is 12.8. The Hall–Kier alpha value is -3.20. The van der Waals surface area contributed by atoms with E-state index in [1.807, 2.05) is 0 Å². The number of β-amino-alcohol motifs (C(OH)–C–C–N with tert-alkyl or cyclic N) is 1. The molecule has 9 heteroatoms. The van der Waals surface area contributed by atoms with Crippen molar-refractivity contribution in [3.05, 3.63) is 48.3 Å². The Balaban J connectivity index is 1.47. The normalized spacial score (nSPS) is 20.5. The van der Waals surface area contributed by atoms with Crippen LogP contribution in [-0.4, -0.2) is 66.1 Å². The molecular weight excluding hydrogens is 360 g/mol. The highest BCUT2D eigenvalue weighted by molar-refractivity contribution is 6.05. The third-order valence-electron chi connectivity index (χ3n) is 5.44. The zero-order valence-electron chi connectivity index (χ0n) is 15.7. The second kappa shape index (κ2) is 6.75. The summed E-state index contributed by atoms with van der Waals surface area (Å²) >= 11 is 0. The number of pyridine rings is 1. The third-order valence-corrected chi connectivity index (χ3v) is 5.44. The number of H-pyrrole nitrogens is 1. The van der Waals surface area contributed by atoms with Crippen LogP contribution in [0.3, 0.4) is 0 Å². The number of aliphatic hydroxyl groups is 1. The highest BCUT2D eigenvalue weighted by Gasteiger charge is 2.44. The molecule has 1 aliphatic heterocycles. The second-order valence-corrected chi connectivity index (χ2v) is 7.24. The Morgan fingerprint density at radius 1 is 1.32 bits per heavy atom. The molecule has 1 fully saturated rings. The molecule has 28 heavy (non-hydrogen) atoms. The van der Waals surface area contributed by atoms with Gasteiger partial charge in [-0.1, -0.05) is 0 Å². The summed E-state index contributed by atoms with van der Waals surface area (Å²) in [4.78, 5) is 38.2. The summed E-state index contributed by atoms with van der Waals surface area (Å²) in [6, 6.07) is 2.90. The topological polar surface area (TPSA) is 116 Å². The molecule has 4 rings (SSSR count). The second-order valence-electron chi connectivity index (χ2n) is 7.24. The zero-order chi connectivity index (χ0) is 19.9. The lowest BCUT2D eigenvalue weighted by atomic mass is 9.94. The quantitative estimate of drug-likeness (QED) is 0.614. The number of nitrogens with zero attached hydrogens (tertiary/aromatic N) is 4. The smallest absolute Gasteiger partial charge is 0.289 e. The summed E-state index contributed by atoms with van der Waals surface area (Å²) in [7, 11) is 1.75. The lowest BCUT2D eigenvalue weighted by Crippen LogP contribution is -2.53. The van der Waals surface area contributed by atoms with Crippen molar-refractivity contribution in [1.82, 2.24) is 29.7 Å². The van der Waals surface area contributed by atoms with Crippen LogP contribution in [0, 0.1) is 0 Å². The molecule has 3 N–H and O–H groups in total. The van der Waals surface area contributed by atoms with Crippen molar-refractivity contribution < 1.29 is 14.7 Å². The third kappa shape index (κ3) is 3.03. The maximum absolute atomic E-state index is 12.8. The van der Waals surface area contributed by atoms with E-state index in [4.69, 9.17) is 0 Å². The molecule has 2 unspecified atom stereocenters. The first-order valence-electron chi connectivity index (χ1n) is 9.11. The molecule has 9 nitrogen and oxygen atoms in total. The average molecular weight is 382 g/mol. The van der Waals surface area contributed by atoms with Gasteiger partial charge in [-0.15, -0.1) is 0 Å². The number of carbonyl (C=O) groups is 2. The van der Waals surface area contributed by atoms with Crippen molar-refractivity contribution >= 4 is 22.8 Å². The van der Waals surface area contributed by atoms with Gasteiger partial charge in [0.05, 0.1) is 18.2 Å². The van der Waals surface area contributed by atoms with E-state index < -0.39 is 11.6 Å². The number of carbonyl (C=O) groups excluding carboxylic acids is 2. The van der Waals surface area contributed by atoms with Gasteiger partial charge >= 0.3 is 0 Å². The summed E-state index contributed by atoms with van der Waals surface area (Å²) in [5, 5.41) is 14.7. The molecule has 0 saturated carbocycles. The van der Waals surface area contributed by atoms with Crippen molar-refractivity contribution in [1.29, 1.82) is 0 Å². The van der Waals surface area contributed by atoms with Crippen molar-refractivity contribution in [3.63, 3.8) is 0 Å². The summed E-state index contributed by atoms with van der Waals surface area (Å²) in [6.07, 6.45) is 6.93. The molecule has 3 aromatic rings.